The van der Waals surface area contributed by atoms with E-state index in [1.807, 2.05) is 0 Å². The zero-order valence-electron chi connectivity index (χ0n) is 23.0. The smallest absolute Gasteiger partial charge is 0.282 e. The van der Waals surface area contributed by atoms with Crippen molar-refractivity contribution in [2.75, 3.05) is 11.9 Å². The quantitative estimate of drug-likeness (QED) is 0.313. The second-order valence-electron chi connectivity index (χ2n) is 11.2. The molecule has 2 fully saturated rings. The Labute approximate surface area is 243 Å². The number of halogens is 2. The van der Waals surface area contributed by atoms with Crippen LogP contribution in [0.1, 0.15) is 64.6 Å². The number of piperidine rings is 1. The highest BCUT2D eigenvalue weighted by Crippen LogP contribution is 2.40. The third kappa shape index (κ3) is 4.53. The van der Waals surface area contributed by atoms with Gasteiger partial charge in [0.25, 0.3) is 18.2 Å². The van der Waals surface area contributed by atoms with E-state index in [9.17, 15) is 28.0 Å². The molecule has 5 heterocycles. The first kappa shape index (κ1) is 26.9. The number of carbonyl (C=O) groups is 4. The van der Waals surface area contributed by atoms with Gasteiger partial charge >= 0.3 is 0 Å². The van der Waals surface area contributed by atoms with Crippen molar-refractivity contribution in [1.29, 1.82) is 0 Å². The highest BCUT2D eigenvalue weighted by atomic mass is 19.3. The van der Waals surface area contributed by atoms with E-state index in [2.05, 4.69) is 25.8 Å². The van der Waals surface area contributed by atoms with Crippen LogP contribution < -0.4 is 10.6 Å². The van der Waals surface area contributed by atoms with Gasteiger partial charge < -0.3 is 5.32 Å². The monoisotopic (exact) mass is 588 g/mol. The molecule has 1 saturated heterocycles. The highest BCUT2D eigenvalue weighted by Gasteiger charge is 2.44. The van der Waals surface area contributed by atoms with Crippen LogP contribution in [0.4, 0.5) is 14.5 Å². The molecule has 7 rings (SSSR count). The summed E-state index contributed by atoms with van der Waals surface area (Å²) in [6.45, 7) is 0.572. The molecule has 2 aliphatic heterocycles. The van der Waals surface area contributed by atoms with Crippen LogP contribution in [-0.2, 0) is 16.6 Å². The van der Waals surface area contributed by atoms with Crippen molar-refractivity contribution in [3.8, 4) is 11.3 Å². The van der Waals surface area contributed by atoms with Gasteiger partial charge in [-0.3, -0.25) is 43.7 Å². The normalized spacial score (nSPS) is 21.9. The Balaban J connectivity index is 1.00. The van der Waals surface area contributed by atoms with Gasteiger partial charge in [0.05, 0.1) is 34.6 Å². The number of carbonyl (C=O) groups excluding carboxylic acids is 4. The molecule has 0 radical (unpaired) electrons. The van der Waals surface area contributed by atoms with Crippen LogP contribution in [0.25, 0.3) is 22.2 Å². The molecule has 0 bridgehead atoms. The summed E-state index contributed by atoms with van der Waals surface area (Å²) in [4.78, 5) is 55.1. The molecule has 12 nitrogen and oxygen atoms in total. The van der Waals surface area contributed by atoms with Crippen molar-refractivity contribution < 1.29 is 28.0 Å². The fraction of sp³-hybridized carbons (Fsp3) is 0.345. The molecule has 0 spiro atoms. The summed E-state index contributed by atoms with van der Waals surface area (Å²) in [6.07, 6.45) is 3.76. The Morgan fingerprint density at radius 1 is 1.05 bits per heavy atom. The minimum Gasteiger partial charge on any atom is -0.385 e. The zero-order valence-corrected chi connectivity index (χ0v) is 23.0. The number of nitrogens with one attached hydrogen (secondary N) is 2. The van der Waals surface area contributed by atoms with E-state index < -0.39 is 36.1 Å². The van der Waals surface area contributed by atoms with Crippen molar-refractivity contribution >= 4 is 40.2 Å². The van der Waals surface area contributed by atoms with E-state index in [0.717, 1.165) is 28.6 Å². The molecule has 3 aromatic heterocycles. The lowest BCUT2D eigenvalue weighted by Crippen LogP contribution is -2.54. The van der Waals surface area contributed by atoms with Gasteiger partial charge in [0.2, 0.25) is 11.8 Å². The number of nitrogens with zero attached hydrogens (tertiary/aromatic N) is 6. The Hall–Kier alpha value is -5.01. The maximum Gasteiger partial charge on any atom is 0.282 e. The number of fused-ring (bicyclic) bond motifs is 2. The number of hydrogen-bond donors (Lipinski definition) is 2. The Morgan fingerprint density at radius 3 is 2.60 bits per heavy atom. The van der Waals surface area contributed by atoms with E-state index in [4.69, 9.17) is 0 Å². The number of anilines is 1. The van der Waals surface area contributed by atoms with Crippen molar-refractivity contribution in [3.63, 3.8) is 0 Å². The minimum absolute atomic E-state index is 0.0419. The first-order chi connectivity index (χ1) is 20.7. The van der Waals surface area contributed by atoms with Crippen LogP contribution >= 0.6 is 0 Å². The van der Waals surface area contributed by atoms with Crippen LogP contribution in [-0.4, -0.2) is 65.7 Å². The lowest BCUT2D eigenvalue weighted by atomic mass is 9.80. The average Bonchev–Trinajstić information content (AvgIpc) is 3.63. The van der Waals surface area contributed by atoms with Gasteiger partial charge in [0.1, 0.15) is 11.7 Å². The number of hydrogen-bond acceptors (Lipinski definition) is 8. The van der Waals surface area contributed by atoms with E-state index in [1.54, 1.807) is 59.3 Å². The number of imide groups is 2. The van der Waals surface area contributed by atoms with Crippen molar-refractivity contribution in [2.24, 2.45) is 13.0 Å². The van der Waals surface area contributed by atoms with Crippen LogP contribution in [0.15, 0.2) is 42.9 Å². The maximum absolute atomic E-state index is 13.9. The first-order valence-electron chi connectivity index (χ1n) is 13.9. The average molecular weight is 589 g/mol. The fourth-order valence-electron chi connectivity index (χ4n) is 6.07. The van der Waals surface area contributed by atoms with Gasteiger partial charge in [-0.25, -0.2) is 8.78 Å². The summed E-state index contributed by atoms with van der Waals surface area (Å²) in [6, 6.07) is 5.53. The number of pyridine rings is 1. The molecular weight excluding hydrogens is 562 g/mol. The second-order valence-corrected chi connectivity index (χ2v) is 11.2. The van der Waals surface area contributed by atoms with Gasteiger partial charge in [-0.15, -0.1) is 0 Å². The summed E-state index contributed by atoms with van der Waals surface area (Å²) < 4.78 is 31.1. The van der Waals surface area contributed by atoms with Gasteiger partial charge in [-0.1, -0.05) is 0 Å². The molecule has 14 heteroatoms. The van der Waals surface area contributed by atoms with Gasteiger partial charge in [-0.2, -0.15) is 10.2 Å². The number of amides is 4. The van der Waals surface area contributed by atoms with Gasteiger partial charge in [-0.05, 0) is 49.4 Å². The summed E-state index contributed by atoms with van der Waals surface area (Å²) in [7, 11) is 1.78. The van der Waals surface area contributed by atoms with Crippen LogP contribution in [0, 0.1) is 5.92 Å². The molecule has 4 amide bonds. The highest BCUT2D eigenvalue weighted by molar-refractivity contribution is 6.23. The van der Waals surface area contributed by atoms with Crippen molar-refractivity contribution in [1.82, 2.24) is 34.8 Å². The predicted molar refractivity (Wildman–Crippen MR) is 148 cm³/mol. The lowest BCUT2D eigenvalue weighted by molar-refractivity contribution is -0.136. The first-order valence-corrected chi connectivity index (χ1v) is 13.9. The molecule has 43 heavy (non-hydrogen) atoms. The Kier molecular flexibility index (Phi) is 6.29. The molecule has 1 unspecified atom stereocenters. The maximum atomic E-state index is 13.9. The molecule has 2 N–H and O–H groups in total. The number of aromatic nitrogens is 5. The Bertz CT molecular complexity index is 1830. The standard InChI is InChI=1S/C29H26F2N8O4/c1-37-23-9-21(33-11-15(23)12-34-37)20-13-38(36-25(20)26(30)31)17-6-14(7-17)10-32-16-2-3-18-19(8-16)29(43)39(28(18)42)22-4-5-24(40)35-27(22)41/h2-3,8-9,11-14,17,22,26,32H,4-7,10H2,1H3,(H,35,40,41)/t14-,17-,22?. The molecule has 3 aliphatic rings. The van der Waals surface area contributed by atoms with Crippen molar-refractivity contribution in [3.05, 3.63) is 59.7 Å². The molecule has 1 aromatic carbocycles. The van der Waals surface area contributed by atoms with E-state index in [1.165, 1.54) is 0 Å². The second kappa shape index (κ2) is 10.1. The molecule has 4 aromatic rings. The van der Waals surface area contributed by atoms with E-state index in [-0.39, 0.29) is 41.6 Å². The zero-order chi connectivity index (χ0) is 30.0. The molecule has 1 aliphatic carbocycles. The topological polar surface area (TPSA) is 144 Å². The largest absolute Gasteiger partial charge is 0.385 e. The van der Waals surface area contributed by atoms with Crippen molar-refractivity contribution in [2.45, 2.75) is 44.2 Å². The summed E-state index contributed by atoms with van der Waals surface area (Å²) in [5.74, 6) is -1.96. The minimum atomic E-state index is -2.75. The fourth-order valence-corrected chi connectivity index (χ4v) is 6.07. The van der Waals surface area contributed by atoms with Crippen LogP contribution in [0.3, 0.4) is 0 Å². The molecular formula is C29H26F2N8O4. The number of benzene rings is 1. The van der Waals surface area contributed by atoms with Gasteiger partial charge in [0.15, 0.2) is 0 Å². The third-order valence-electron chi connectivity index (χ3n) is 8.49. The lowest BCUT2D eigenvalue weighted by Gasteiger charge is -2.35. The Morgan fingerprint density at radius 2 is 1.84 bits per heavy atom. The predicted octanol–water partition coefficient (Wildman–Crippen LogP) is 3.23. The summed E-state index contributed by atoms with van der Waals surface area (Å²) in [5, 5.41) is 14.7. The van der Waals surface area contributed by atoms with E-state index in [0.29, 0.717) is 23.5 Å². The summed E-state index contributed by atoms with van der Waals surface area (Å²) in [5.41, 5.74) is 2.25. The van der Waals surface area contributed by atoms with Gasteiger partial charge in [0, 0.05) is 49.0 Å². The number of aryl methyl sites for hydroxylation is 1. The number of rotatable bonds is 7. The van der Waals surface area contributed by atoms with Crippen LogP contribution in [0.5, 0.6) is 0 Å². The number of alkyl halides is 2. The SMILES string of the molecule is Cn1ncc2cnc(-c3cn([C@H]4C[C@H](CNc5ccc6c(c5)C(=O)N(C5CCC(=O)NC5=O)C6=O)C4)nc3C(F)F)cc21. The molecule has 1 saturated carbocycles. The van der Waals surface area contributed by atoms with Crippen LogP contribution in [0.2, 0.25) is 0 Å². The third-order valence-corrected chi connectivity index (χ3v) is 8.49. The summed E-state index contributed by atoms with van der Waals surface area (Å²) >= 11 is 0. The molecule has 220 valence electrons. The van der Waals surface area contributed by atoms with E-state index >= 15 is 0 Å². The molecule has 1 atom stereocenters.